The Morgan fingerprint density at radius 1 is 1.10 bits per heavy atom. The minimum atomic E-state index is 0.196. The van der Waals surface area contributed by atoms with Gasteiger partial charge in [0.05, 0.1) is 17.0 Å². The van der Waals surface area contributed by atoms with Crippen LogP contribution in [0, 0.1) is 6.92 Å². The number of para-hydroxylation sites is 1. The number of ketones is 1. The summed E-state index contributed by atoms with van der Waals surface area (Å²) in [6.45, 7) is 2.83. The summed E-state index contributed by atoms with van der Waals surface area (Å²) in [6, 6.07) is 8.39. The summed E-state index contributed by atoms with van der Waals surface area (Å²) in [6.07, 6.45) is 3.43. The molecule has 4 rings (SSSR count). The average molecular weight is 279 g/mol. The molecule has 0 amide bonds. The van der Waals surface area contributed by atoms with Crippen LogP contribution in [0.15, 0.2) is 24.3 Å². The average Bonchev–Trinajstić information content (AvgIpc) is 2.91. The van der Waals surface area contributed by atoms with Crippen LogP contribution in [0.4, 0.5) is 11.6 Å². The molecule has 0 saturated heterocycles. The highest BCUT2D eigenvalue weighted by atomic mass is 16.1. The van der Waals surface area contributed by atoms with Crippen LogP contribution in [0.5, 0.6) is 0 Å². The monoisotopic (exact) mass is 279 g/mol. The van der Waals surface area contributed by atoms with Crippen molar-refractivity contribution in [3.8, 4) is 0 Å². The van der Waals surface area contributed by atoms with Crippen molar-refractivity contribution >= 4 is 17.4 Å². The topological polar surface area (TPSA) is 46.1 Å². The number of carbonyl (C=O) groups excluding carboxylic acids is 1. The first-order valence-corrected chi connectivity index (χ1v) is 7.50. The molecule has 1 aromatic carbocycles. The van der Waals surface area contributed by atoms with Gasteiger partial charge < -0.3 is 4.90 Å². The van der Waals surface area contributed by atoms with Crippen molar-refractivity contribution in [1.82, 2.24) is 9.97 Å². The summed E-state index contributed by atoms with van der Waals surface area (Å²) >= 11 is 0. The van der Waals surface area contributed by atoms with E-state index in [1.54, 1.807) is 0 Å². The highest BCUT2D eigenvalue weighted by molar-refractivity contribution is 5.99. The normalized spacial score (nSPS) is 16.8. The molecule has 0 saturated carbocycles. The van der Waals surface area contributed by atoms with Gasteiger partial charge in [-0.25, -0.2) is 9.97 Å². The van der Waals surface area contributed by atoms with Gasteiger partial charge in [0.1, 0.15) is 0 Å². The molecular weight excluding hydrogens is 262 g/mol. The number of rotatable bonds is 1. The fraction of sp³-hybridized carbons (Fsp3) is 0.353. The summed E-state index contributed by atoms with van der Waals surface area (Å²) in [4.78, 5) is 23.5. The maximum atomic E-state index is 12.0. The number of nitrogens with zero attached hydrogens (tertiary/aromatic N) is 3. The number of aromatic nitrogens is 2. The van der Waals surface area contributed by atoms with Crippen LogP contribution in [0.3, 0.4) is 0 Å². The Morgan fingerprint density at radius 3 is 2.86 bits per heavy atom. The number of anilines is 2. The zero-order valence-electron chi connectivity index (χ0n) is 12.1. The number of benzene rings is 1. The second kappa shape index (κ2) is 4.65. The van der Waals surface area contributed by atoms with E-state index in [0.717, 1.165) is 48.7 Å². The Bertz CT molecular complexity index is 739. The summed E-state index contributed by atoms with van der Waals surface area (Å²) in [5.74, 6) is 0.938. The van der Waals surface area contributed by atoms with E-state index in [4.69, 9.17) is 4.98 Å². The van der Waals surface area contributed by atoms with E-state index in [1.807, 2.05) is 13.0 Å². The van der Waals surface area contributed by atoms with Gasteiger partial charge in [-0.2, -0.15) is 0 Å². The second-order valence-electron chi connectivity index (χ2n) is 5.74. The van der Waals surface area contributed by atoms with Crippen LogP contribution in [-0.2, 0) is 12.8 Å². The lowest BCUT2D eigenvalue weighted by Crippen LogP contribution is -2.22. The van der Waals surface area contributed by atoms with Gasteiger partial charge in [0.15, 0.2) is 5.78 Å². The molecule has 0 radical (unpaired) electrons. The van der Waals surface area contributed by atoms with Gasteiger partial charge in [-0.1, -0.05) is 18.2 Å². The highest BCUT2D eigenvalue weighted by Crippen LogP contribution is 2.33. The summed E-state index contributed by atoms with van der Waals surface area (Å²) in [5.41, 5.74) is 5.05. The van der Waals surface area contributed by atoms with Crippen LogP contribution < -0.4 is 4.90 Å². The fourth-order valence-electron chi connectivity index (χ4n) is 3.37. The lowest BCUT2D eigenvalue weighted by atomic mass is 9.94. The van der Waals surface area contributed by atoms with E-state index in [-0.39, 0.29) is 5.78 Å². The van der Waals surface area contributed by atoms with Gasteiger partial charge in [0.25, 0.3) is 0 Å². The summed E-state index contributed by atoms with van der Waals surface area (Å²) in [5, 5.41) is 0. The Morgan fingerprint density at radius 2 is 1.95 bits per heavy atom. The van der Waals surface area contributed by atoms with E-state index in [2.05, 4.69) is 28.1 Å². The molecule has 21 heavy (non-hydrogen) atoms. The quantitative estimate of drug-likeness (QED) is 0.805. The van der Waals surface area contributed by atoms with Crippen molar-refractivity contribution in [2.24, 2.45) is 0 Å². The van der Waals surface area contributed by atoms with E-state index in [1.165, 1.54) is 11.3 Å². The largest absolute Gasteiger partial charge is 0.310 e. The molecule has 2 aromatic rings. The maximum absolute atomic E-state index is 12.0. The minimum Gasteiger partial charge on any atom is -0.310 e. The molecule has 0 atom stereocenters. The summed E-state index contributed by atoms with van der Waals surface area (Å²) < 4.78 is 0. The van der Waals surface area contributed by atoms with Crippen molar-refractivity contribution in [3.05, 3.63) is 46.8 Å². The number of Topliss-reactive ketones (excluding diaryl/α,β-unsaturated/α-hetero) is 1. The smallest absolute Gasteiger partial charge is 0.230 e. The summed E-state index contributed by atoms with van der Waals surface area (Å²) in [7, 11) is 0. The molecule has 0 bridgehead atoms. The molecule has 106 valence electrons. The van der Waals surface area contributed by atoms with Gasteiger partial charge in [0.2, 0.25) is 5.95 Å². The maximum Gasteiger partial charge on any atom is 0.230 e. The van der Waals surface area contributed by atoms with Gasteiger partial charge in [-0.05, 0) is 37.8 Å². The van der Waals surface area contributed by atoms with Crippen LogP contribution in [0.1, 0.15) is 40.2 Å². The minimum absolute atomic E-state index is 0.196. The highest BCUT2D eigenvalue weighted by Gasteiger charge is 2.26. The third-order valence-electron chi connectivity index (χ3n) is 4.38. The van der Waals surface area contributed by atoms with Crippen molar-refractivity contribution in [2.75, 3.05) is 11.4 Å². The first-order valence-electron chi connectivity index (χ1n) is 7.50. The number of aryl methyl sites for hydroxylation is 2. The number of hydrogen-bond acceptors (Lipinski definition) is 4. The van der Waals surface area contributed by atoms with Crippen molar-refractivity contribution < 1.29 is 4.79 Å². The number of carbonyl (C=O) groups is 1. The SMILES string of the molecule is Cc1nc(N2CCc3ccccc32)nc2c1C(=O)CCC2. The third-order valence-corrected chi connectivity index (χ3v) is 4.38. The zero-order chi connectivity index (χ0) is 14.4. The lowest BCUT2D eigenvalue weighted by Gasteiger charge is -2.22. The standard InChI is InChI=1S/C17H17N3O/c1-11-16-13(6-4-8-15(16)21)19-17(18-11)20-10-9-12-5-2-3-7-14(12)20/h2-3,5,7H,4,6,8-10H2,1H3. The number of fused-ring (bicyclic) bond motifs is 2. The lowest BCUT2D eigenvalue weighted by molar-refractivity contribution is 0.0970. The predicted octanol–water partition coefficient (Wildman–Crippen LogP) is 3.00. The van der Waals surface area contributed by atoms with E-state index in [9.17, 15) is 4.79 Å². The Kier molecular flexibility index (Phi) is 2.77. The van der Waals surface area contributed by atoms with E-state index >= 15 is 0 Å². The number of hydrogen-bond donors (Lipinski definition) is 0. The van der Waals surface area contributed by atoms with Gasteiger partial charge in [0, 0.05) is 18.7 Å². The molecule has 2 heterocycles. The van der Waals surface area contributed by atoms with Crippen LogP contribution in [0.2, 0.25) is 0 Å². The molecule has 1 aliphatic carbocycles. The molecule has 0 N–H and O–H groups in total. The fourth-order valence-corrected chi connectivity index (χ4v) is 3.37. The molecule has 1 aliphatic heterocycles. The van der Waals surface area contributed by atoms with Crippen LogP contribution in [-0.4, -0.2) is 22.3 Å². The molecule has 0 fully saturated rings. The van der Waals surface area contributed by atoms with Gasteiger partial charge >= 0.3 is 0 Å². The third kappa shape index (κ3) is 1.94. The molecular formula is C17H17N3O. The van der Waals surface area contributed by atoms with Crippen LogP contribution >= 0.6 is 0 Å². The first-order chi connectivity index (χ1) is 10.2. The zero-order valence-corrected chi connectivity index (χ0v) is 12.1. The van der Waals surface area contributed by atoms with Gasteiger partial charge in [-0.15, -0.1) is 0 Å². The second-order valence-corrected chi connectivity index (χ2v) is 5.74. The molecule has 1 aromatic heterocycles. The van der Waals surface area contributed by atoms with Crippen LogP contribution in [0.25, 0.3) is 0 Å². The van der Waals surface area contributed by atoms with E-state index in [0.29, 0.717) is 6.42 Å². The van der Waals surface area contributed by atoms with E-state index < -0.39 is 0 Å². The molecule has 4 heteroatoms. The predicted molar refractivity (Wildman–Crippen MR) is 81.2 cm³/mol. The van der Waals surface area contributed by atoms with Crippen molar-refractivity contribution in [1.29, 1.82) is 0 Å². The van der Waals surface area contributed by atoms with Gasteiger partial charge in [-0.3, -0.25) is 4.79 Å². The molecule has 4 nitrogen and oxygen atoms in total. The molecule has 0 spiro atoms. The molecule has 0 unspecified atom stereocenters. The Hall–Kier alpha value is -2.23. The van der Waals surface area contributed by atoms with Crippen molar-refractivity contribution in [3.63, 3.8) is 0 Å². The van der Waals surface area contributed by atoms with Crippen molar-refractivity contribution in [2.45, 2.75) is 32.6 Å². The Labute approximate surface area is 123 Å². The Balaban J connectivity index is 1.81. The first kappa shape index (κ1) is 12.5. The molecule has 2 aliphatic rings.